The number of ether oxygens (including phenoxy) is 3. The molecule has 6 N–H and O–H groups in total. The van der Waals surface area contributed by atoms with Crippen molar-refractivity contribution in [1.82, 2.24) is 5.32 Å². The van der Waals surface area contributed by atoms with Crippen LogP contribution in [-0.4, -0.2) is 99.6 Å². The molecule has 86 heavy (non-hydrogen) atoms. The number of allylic oxidation sites excluding steroid dienone is 17. The molecule has 0 bridgehead atoms. The summed E-state index contributed by atoms with van der Waals surface area (Å²) in [6.07, 6.45) is 74.2. The van der Waals surface area contributed by atoms with Crippen LogP contribution in [0.15, 0.2) is 109 Å². The number of carbonyl (C=O) groups is 2. The number of hydrogen-bond acceptors (Lipinski definition) is 10. The third-order valence-electron chi connectivity index (χ3n) is 15.9. The zero-order valence-electron chi connectivity index (χ0n) is 54.9. The first kappa shape index (κ1) is 80.3. The van der Waals surface area contributed by atoms with Crippen LogP contribution in [0.1, 0.15) is 290 Å². The Hall–Kier alpha value is -3.68. The summed E-state index contributed by atoms with van der Waals surface area (Å²) in [5, 5.41) is 57.1. The number of amides is 1. The molecular formula is C75H129NO10. The van der Waals surface area contributed by atoms with E-state index in [1.165, 1.54) is 148 Å². The highest BCUT2D eigenvalue weighted by Crippen LogP contribution is 2.26. The average Bonchev–Trinajstić information content (AvgIpc) is 3.30. The fourth-order valence-electron chi connectivity index (χ4n) is 10.4. The van der Waals surface area contributed by atoms with E-state index in [1.807, 2.05) is 12.2 Å². The van der Waals surface area contributed by atoms with Crippen LogP contribution >= 0.6 is 0 Å². The molecule has 1 rings (SSSR count). The second-order valence-electron chi connectivity index (χ2n) is 23.9. The molecule has 0 aromatic heterocycles. The van der Waals surface area contributed by atoms with Gasteiger partial charge in [0.05, 0.1) is 25.4 Å². The van der Waals surface area contributed by atoms with E-state index in [4.69, 9.17) is 14.2 Å². The molecule has 11 nitrogen and oxygen atoms in total. The summed E-state index contributed by atoms with van der Waals surface area (Å²) in [5.74, 6) is -1.24. The van der Waals surface area contributed by atoms with Gasteiger partial charge in [-0.05, 0) is 109 Å². The van der Waals surface area contributed by atoms with E-state index >= 15 is 0 Å². The zero-order chi connectivity index (χ0) is 62.4. The Morgan fingerprint density at radius 2 is 0.837 bits per heavy atom. The van der Waals surface area contributed by atoms with Crippen LogP contribution in [0, 0.1) is 0 Å². The number of unbranched alkanes of at least 4 members (excludes halogenated alkanes) is 29. The molecule has 1 saturated heterocycles. The van der Waals surface area contributed by atoms with E-state index in [-0.39, 0.29) is 19.4 Å². The monoisotopic (exact) mass is 1200 g/mol. The minimum absolute atomic E-state index is 0.114. The lowest BCUT2D eigenvalue weighted by molar-refractivity contribution is -0.305. The summed E-state index contributed by atoms with van der Waals surface area (Å²) >= 11 is 0. The van der Waals surface area contributed by atoms with E-state index in [0.717, 1.165) is 89.9 Å². The molecule has 1 fully saturated rings. The minimum atomic E-state index is -1.63. The molecule has 1 aliphatic rings. The van der Waals surface area contributed by atoms with Crippen molar-refractivity contribution in [3.05, 3.63) is 109 Å². The summed E-state index contributed by atoms with van der Waals surface area (Å²) in [5.41, 5.74) is 0. The van der Waals surface area contributed by atoms with Gasteiger partial charge in [-0.1, -0.05) is 284 Å². The molecule has 8 unspecified atom stereocenters. The summed E-state index contributed by atoms with van der Waals surface area (Å²) < 4.78 is 17.7. The molecule has 0 saturated carbocycles. The predicted molar refractivity (Wildman–Crippen MR) is 361 cm³/mol. The fourth-order valence-corrected chi connectivity index (χ4v) is 10.4. The number of esters is 1. The van der Waals surface area contributed by atoms with Crippen molar-refractivity contribution < 1.29 is 49.3 Å². The van der Waals surface area contributed by atoms with Crippen LogP contribution in [0.3, 0.4) is 0 Å². The van der Waals surface area contributed by atoms with Crippen molar-refractivity contribution in [2.75, 3.05) is 13.2 Å². The van der Waals surface area contributed by atoms with Gasteiger partial charge in [0, 0.05) is 6.42 Å². The Morgan fingerprint density at radius 1 is 0.465 bits per heavy atom. The lowest BCUT2D eigenvalue weighted by Gasteiger charge is -2.41. The molecule has 1 amide bonds. The highest BCUT2D eigenvalue weighted by molar-refractivity contribution is 5.80. The van der Waals surface area contributed by atoms with Crippen LogP contribution in [0.4, 0.5) is 0 Å². The third kappa shape index (κ3) is 48.3. The molecule has 0 aliphatic carbocycles. The lowest BCUT2D eigenvalue weighted by Crippen LogP contribution is -2.61. The normalized spacial score (nSPS) is 19.0. The number of aliphatic hydroxyl groups excluding tert-OH is 5. The fraction of sp³-hybridized carbons (Fsp3) is 0.733. The minimum Gasteiger partial charge on any atom is -0.454 e. The molecule has 0 aromatic carbocycles. The molecule has 0 aromatic rings. The number of aliphatic hydroxyl groups is 5. The summed E-state index contributed by atoms with van der Waals surface area (Å²) in [6.45, 7) is 5.64. The Balaban J connectivity index is 2.61. The van der Waals surface area contributed by atoms with E-state index in [0.29, 0.717) is 19.3 Å². The van der Waals surface area contributed by atoms with Gasteiger partial charge in [-0.15, -0.1) is 0 Å². The quantitative estimate of drug-likeness (QED) is 0.0195. The Bertz CT molecular complexity index is 1820. The van der Waals surface area contributed by atoms with Crippen molar-refractivity contribution in [2.24, 2.45) is 0 Å². The van der Waals surface area contributed by atoms with Crippen molar-refractivity contribution in [2.45, 2.75) is 339 Å². The van der Waals surface area contributed by atoms with Crippen molar-refractivity contribution in [1.29, 1.82) is 0 Å². The first-order chi connectivity index (χ1) is 42.2. The lowest BCUT2D eigenvalue weighted by atomic mass is 9.99. The maximum Gasteiger partial charge on any atom is 0.306 e. The van der Waals surface area contributed by atoms with Crippen molar-refractivity contribution >= 4 is 11.9 Å². The average molecular weight is 1200 g/mol. The van der Waals surface area contributed by atoms with E-state index in [2.05, 4.69) is 117 Å². The van der Waals surface area contributed by atoms with Gasteiger partial charge in [-0.2, -0.15) is 0 Å². The molecule has 494 valence electrons. The molecule has 1 aliphatic heterocycles. The summed E-state index contributed by atoms with van der Waals surface area (Å²) in [4.78, 5) is 26.7. The van der Waals surface area contributed by atoms with Crippen molar-refractivity contribution in [3.63, 3.8) is 0 Å². The van der Waals surface area contributed by atoms with Crippen LogP contribution < -0.4 is 5.32 Å². The van der Waals surface area contributed by atoms with E-state index in [1.54, 1.807) is 6.08 Å². The third-order valence-corrected chi connectivity index (χ3v) is 15.9. The number of nitrogens with one attached hydrogen (secondary N) is 1. The Morgan fingerprint density at radius 3 is 1.28 bits per heavy atom. The highest BCUT2D eigenvalue weighted by Gasteiger charge is 2.47. The van der Waals surface area contributed by atoms with Crippen LogP contribution in [0.25, 0.3) is 0 Å². The number of carbonyl (C=O) groups excluding carboxylic acids is 2. The largest absolute Gasteiger partial charge is 0.454 e. The summed E-state index contributed by atoms with van der Waals surface area (Å²) in [6, 6.07) is -1.05. The van der Waals surface area contributed by atoms with Gasteiger partial charge in [-0.3, -0.25) is 9.59 Å². The smallest absolute Gasteiger partial charge is 0.306 e. The standard InChI is InChI=1S/C75H129NO10/c1-4-7-10-13-16-19-22-25-27-29-31-33-34-35-36-37-39-41-43-45-48-51-54-57-60-63-70(80)86-73-72(82)71(81)69(64-77)85-75(73)84-65-66(67(78)61-58-55-52-49-46-24-21-18-15-12-9-6-3)76-74(83)68(79)62-59-56-53-50-47-44-42-40-38-32-30-28-26-23-20-17-14-11-8-5-2/h8,11,16-17,19-20,25-28,32,38,42,44,50,53,58,61,66-69,71-73,75,77-79,81-82H,4-7,9-10,12-15,18,21-24,29-31,33-37,39-41,43,45-49,51-52,54-57,59-60,62-65H2,1-3H3,(H,76,83)/b11-8-,19-16-,20-17-,27-25-,28-26-,38-32-,44-42-,53-50-,61-58+. The number of rotatable bonds is 59. The molecule has 11 heteroatoms. The molecule has 8 atom stereocenters. The Labute approximate surface area is 526 Å². The van der Waals surface area contributed by atoms with Crippen LogP contribution in [0.2, 0.25) is 0 Å². The SMILES string of the molecule is CC/C=C\C/C=C\C/C=C\C/C=C\C/C=C\C/C=C\CCCC(O)C(=O)NC(COC1OC(CO)C(O)C(O)C1OC(=O)CCCCCCCCCCCCCCCCC/C=C\C/C=C\CCCCC)C(O)/C=C/CCCCCCCCCCCC. The highest BCUT2D eigenvalue weighted by atomic mass is 16.7. The molecule has 1 heterocycles. The second kappa shape index (κ2) is 61.6. The van der Waals surface area contributed by atoms with Gasteiger partial charge in [0.1, 0.15) is 24.4 Å². The van der Waals surface area contributed by atoms with Crippen LogP contribution in [-0.2, 0) is 23.8 Å². The predicted octanol–water partition coefficient (Wildman–Crippen LogP) is 18.0. The van der Waals surface area contributed by atoms with Gasteiger partial charge in [0.25, 0.3) is 0 Å². The first-order valence-electron chi connectivity index (χ1n) is 35.2. The van der Waals surface area contributed by atoms with Crippen LogP contribution in [0.5, 0.6) is 0 Å². The summed E-state index contributed by atoms with van der Waals surface area (Å²) in [7, 11) is 0. The second-order valence-corrected chi connectivity index (χ2v) is 23.9. The first-order valence-corrected chi connectivity index (χ1v) is 35.2. The van der Waals surface area contributed by atoms with Gasteiger partial charge in [0.2, 0.25) is 5.91 Å². The maximum absolute atomic E-state index is 13.5. The maximum atomic E-state index is 13.5. The molecule has 0 spiro atoms. The molecular weight excluding hydrogens is 1070 g/mol. The van der Waals surface area contributed by atoms with Gasteiger partial charge < -0.3 is 45.1 Å². The van der Waals surface area contributed by atoms with Gasteiger partial charge >= 0.3 is 5.97 Å². The topological polar surface area (TPSA) is 175 Å². The van der Waals surface area contributed by atoms with Crippen molar-refractivity contribution in [3.8, 4) is 0 Å². The molecule has 0 radical (unpaired) electrons. The van der Waals surface area contributed by atoms with Gasteiger partial charge in [0.15, 0.2) is 12.4 Å². The Kier molecular flexibility index (Phi) is 57.5. The van der Waals surface area contributed by atoms with E-state index in [9.17, 15) is 35.1 Å². The van der Waals surface area contributed by atoms with Gasteiger partial charge in [-0.25, -0.2) is 0 Å². The van der Waals surface area contributed by atoms with E-state index < -0.39 is 67.4 Å². The zero-order valence-corrected chi connectivity index (χ0v) is 54.9. The number of hydrogen-bond donors (Lipinski definition) is 6.